The molecule has 1 aromatic rings. The molecule has 3 rings (SSSR count). The Hall–Kier alpha value is -3.96. The molecule has 0 spiro atoms. The minimum atomic E-state index is -1.63. The van der Waals surface area contributed by atoms with Crippen LogP contribution in [0.25, 0.3) is 0 Å². The summed E-state index contributed by atoms with van der Waals surface area (Å²) in [5.41, 5.74) is -0.0308. The van der Waals surface area contributed by atoms with E-state index in [-0.39, 0.29) is 48.7 Å². The number of cyclic esters (lactones) is 2. The molecule has 12 heteroatoms. The number of ether oxygens (including phenoxy) is 6. The average molecular weight is 506 g/mol. The van der Waals surface area contributed by atoms with Gasteiger partial charge in [-0.15, -0.1) is 0 Å². The second kappa shape index (κ2) is 11.2. The Morgan fingerprint density at radius 3 is 1.17 bits per heavy atom. The number of benzene rings is 1. The van der Waals surface area contributed by atoms with Crippen molar-refractivity contribution in [3.63, 3.8) is 0 Å². The third-order valence-corrected chi connectivity index (χ3v) is 5.51. The Bertz CT molecular complexity index is 969. The lowest BCUT2D eigenvalue weighted by molar-refractivity contribution is -0.169. The lowest BCUT2D eigenvalue weighted by atomic mass is 9.88. The molecule has 0 aliphatic carbocycles. The van der Waals surface area contributed by atoms with Crippen LogP contribution in [-0.4, -0.2) is 62.2 Å². The van der Waals surface area contributed by atoms with Crippen LogP contribution in [0.2, 0.25) is 0 Å². The van der Waals surface area contributed by atoms with Crippen molar-refractivity contribution in [2.45, 2.75) is 39.9 Å². The van der Waals surface area contributed by atoms with Crippen LogP contribution in [0.4, 0.5) is 0 Å². The van der Waals surface area contributed by atoms with Gasteiger partial charge in [0.25, 0.3) is 0 Å². The maximum Gasteiger partial charge on any atom is 0.339 e. The monoisotopic (exact) mass is 506 g/mol. The van der Waals surface area contributed by atoms with Crippen molar-refractivity contribution < 1.29 is 57.2 Å². The summed E-state index contributed by atoms with van der Waals surface area (Å²) in [5.74, 6) is -8.91. The first-order chi connectivity index (χ1) is 17.2. The summed E-state index contributed by atoms with van der Waals surface area (Å²) in [5, 5.41) is 0. The fourth-order valence-corrected chi connectivity index (χ4v) is 4.05. The predicted molar refractivity (Wildman–Crippen MR) is 116 cm³/mol. The summed E-state index contributed by atoms with van der Waals surface area (Å²) < 4.78 is 30.5. The topological polar surface area (TPSA) is 158 Å². The molecule has 0 fully saturated rings. The van der Waals surface area contributed by atoms with Crippen LogP contribution in [0.1, 0.15) is 71.7 Å². The van der Waals surface area contributed by atoms with E-state index < -0.39 is 59.9 Å². The summed E-state index contributed by atoms with van der Waals surface area (Å²) in [6.07, 6.45) is -2.85. The van der Waals surface area contributed by atoms with Gasteiger partial charge >= 0.3 is 35.8 Å². The molecule has 36 heavy (non-hydrogen) atoms. The van der Waals surface area contributed by atoms with Gasteiger partial charge in [0.1, 0.15) is 0 Å². The van der Waals surface area contributed by atoms with Gasteiger partial charge < -0.3 is 28.4 Å². The minimum absolute atomic E-state index is 0.0381. The van der Waals surface area contributed by atoms with E-state index in [9.17, 15) is 28.8 Å². The SMILES string of the molecule is CCOC(=O)C(C(=O)OCC)[C@@H]1OC(=O)c2cc3c(cc21)C(=O)O[C@@H]3C(C(=O)OCC)C(=O)OCC. The predicted octanol–water partition coefficient (Wildman–Crippen LogP) is 1.59. The fourth-order valence-electron chi connectivity index (χ4n) is 4.05. The van der Waals surface area contributed by atoms with Crippen molar-refractivity contribution in [1.29, 1.82) is 0 Å². The zero-order chi connectivity index (χ0) is 26.6. The van der Waals surface area contributed by atoms with Crippen molar-refractivity contribution in [2.75, 3.05) is 26.4 Å². The summed E-state index contributed by atoms with van der Waals surface area (Å²) in [7, 11) is 0. The number of rotatable bonds is 10. The van der Waals surface area contributed by atoms with Gasteiger partial charge in [0.2, 0.25) is 0 Å². The van der Waals surface area contributed by atoms with Crippen molar-refractivity contribution in [3.05, 3.63) is 34.4 Å². The van der Waals surface area contributed by atoms with Crippen molar-refractivity contribution in [3.8, 4) is 0 Å². The number of fused-ring (bicyclic) bond motifs is 2. The first-order valence-corrected chi connectivity index (χ1v) is 11.5. The van der Waals surface area contributed by atoms with E-state index in [0.717, 1.165) is 0 Å². The number of carbonyl (C=O) groups is 6. The molecule has 0 amide bonds. The summed E-state index contributed by atoms with van der Waals surface area (Å²) >= 11 is 0. The van der Waals surface area contributed by atoms with Gasteiger partial charge in [0, 0.05) is 11.1 Å². The van der Waals surface area contributed by atoms with E-state index in [2.05, 4.69) is 0 Å². The molecule has 0 unspecified atom stereocenters. The molecule has 2 atom stereocenters. The molecular formula is C24H26O12. The molecule has 12 nitrogen and oxygen atoms in total. The highest BCUT2D eigenvalue weighted by Gasteiger charge is 2.51. The lowest BCUT2D eigenvalue weighted by Crippen LogP contribution is -2.33. The fraction of sp³-hybridized carbons (Fsp3) is 0.500. The Balaban J connectivity index is 2.08. The Kier molecular flexibility index (Phi) is 8.28. The standard InChI is InChI=1S/C24H26O12/c1-5-31-21(27)15(22(28)32-6-2)17-11-9-14-12(10-13(11)19(25)35-17)18(36-20(14)26)16(23(29)33-7-3)24(30)34-8-4/h9-10,15-18H,5-8H2,1-4H3/t17-,18+. The van der Waals surface area contributed by atoms with E-state index in [0.29, 0.717) is 0 Å². The van der Waals surface area contributed by atoms with Crippen molar-refractivity contribution in [2.24, 2.45) is 11.8 Å². The quantitative estimate of drug-likeness (QED) is 0.257. The van der Waals surface area contributed by atoms with Gasteiger partial charge in [-0.3, -0.25) is 19.2 Å². The number of hydrogen-bond donors (Lipinski definition) is 0. The zero-order valence-corrected chi connectivity index (χ0v) is 20.2. The molecule has 0 radical (unpaired) electrons. The van der Waals surface area contributed by atoms with Crippen LogP contribution in [0.3, 0.4) is 0 Å². The molecule has 2 aliphatic rings. The summed E-state index contributed by atoms with van der Waals surface area (Å²) in [6.45, 7) is 6.02. The molecule has 2 heterocycles. The van der Waals surface area contributed by atoms with Crippen LogP contribution < -0.4 is 0 Å². The van der Waals surface area contributed by atoms with Gasteiger partial charge in [0.15, 0.2) is 24.0 Å². The highest BCUT2D eigenvalue weighted by molar-refractivity contribution is 6.04. The van der Waals surface area contributed by atoms with E-state index in [1.54, 1.807) is 27.7 Å². The molecule has 0 saturated carbocycles. The van der Waals surface area contributed by atoms with Gasteiger partial charge in [-0.1, -0.05) is 0 Å². The Morgan fingerprint density at radius 2 is 0.917 bits per heavy atom. The molecule has 0 bridgehead atoms. The lowest BCUT2D eigenvalue weighted by Gasteiger charge is -2.21. The maximum atomic E-state index is 12.7. The van der Waals surface area contributed by atoms with E-state index >= 15 is 0 Å². The second-order valence-electron chi connectivity index (χ2n) is 7.64. The van der Waals surface area contributed by atoms with Gasteiger partial charge in [0.05, 0.1) is 37.6 Å². The molecule has 2 aliphatic heterocycles. The van der Waals surface area contributed by atoms with Crippen molar-refractivity contribution in [1.82, 2.24) is 0 Å². The molecule has 194 valence electrons. The van der Waals surface area contributed by atoms with Crippen LogP contribution in [0, 0.1) is 11.8 Å². The first kappa shape index (κ1) is 26.6. The Labute approximate surface area is 206 Å². The number of esters is 6. The highest BCUT2D eigenvalue weighted by atomic mass is 16.6. The molecule has 0 saturated heterocycles. The average Bonchev–Trinajstić information content (AvgIpc) is 3.30. The largest absolute Gasteiger partial charge is 0.465 e. The highest BCUT2D eigenvalue weighted by Crippen LogP contribution is 2.44. The first-order valence-electron chi connectivity index (χ1n) is 11.5. The van der Waals surface area contributed by atoms with Crippen LogP contribution in [-0.2, 0) is 47.6 Å². The second-order valence-corrected chi connectivity index (χ2v) is 7.64. The van der Waals surface area contributed by atoms with Crippen LogP contribution in [0.5, 0.6) is 0 Å². The van der Waals surface area contributed by atoms with Gasteiger partial charge in [-0.05, 0) is 39.8 Å². The number of hydrogen-bond acceptors (Lipinski definition) is 12. The summed E-state index contributed by atoms with van der Waals surface area (Å²) in [4.78, 5) is 75.7. The van der Waals surface area contributed by atoms with E-state index in [4.69, 9.17) is 28.4 Å². The zero-order valence-electron chi connectivity index (χ0n) is 20.2. The minimum Gasteiger partial charge on any atom is -0.465 e. The van der Waals surface area contributed by atoms with E-state index in [1.165, 1.54) is 12.1 Å². The summed E-state index contributed by atoms with van der Waals surface area (Å²) in [6, 6.07) is 2.47. The van der Waals surface area contributed by atoms with Gasteiger partial charge in [-0.2, -0.15) is 0 Å². The number of carbonyl (C=O) groups excluding carboxylic acids is 6. The van der Waals surface area contributed by atoms with E-state index in [1.807, 2.05) is 0 Å². The Morgan fingerprint density at radius 1 is 0.639 bits per heavy atom. The van der Waals surface area contributed by atoms with Crippen LogP contribution >= 0.6 is 0 Å². The normalized spacial score (nSPS) is 17.7. The van der Waals surface area contributed by atoms with Crippen LogP contribution in [0.15, 0.2) is 12.1 Å². The molecule has 0 aromatic heterocycles. The molecular weight excluding hydrogens is 480 g/mol. The smallest absolute Gasteiger partial charge is 0.339 e. The third-order valence-electron chi connectivity index (χ3n) is 5.51. The molecule has 1 aromatic carbocycles. The maximum absolute atomic E-state index is 12.7. The molecule has 0 N–H and O–H groups in total. The van der Waals surface area contributed by atoms with Crippen molar-refractivity contribution >= 4 is 35.8 Å². The third kappa shape index (κ3) is 4.88. The van der Waals surface area contributed by atoms with Gasteiger partial charge in [-0.25, -0.2) is 9.59 Å².